The van der Waals surface area contributed by atoms with Gasteiger partial charge in [0.15, 0.2) is 5.11 Å². The predicted octanol–water partition coefficient (Wildman–Crippen LogP) is 5.06. The Hall–Kier alpha value is -3.83. The van der Waals surface area contributed by atoms with Gasteiger partial charge >= 0.3 is 5.97 Å². The standard InChI is InChI=1S/C34H38ClN5O4S/c1-2-44-33(43)26-9-15-29(16-10-26)40-32(42)30(23-31(41)36-28-13-11-27(35)12-14-28)39(34(40)45)18-6-17-37-19-21-38(22-20-37)24-25-7-4-3-5-8-25/h3-5,7-16,30H,2,6,17-24H2,1H3,(H,36,41). The van der Waals surface area contributed by atoms with Gasteiger partial charge in [-0.25, -0.2) is 4.79 Å². The van der Waals surface area contributed by atoms with E-state index in [9.17, 15) is 14.4 Å². The number of benzene rings is 3. The zero-order valence-corrected chi connectivity index (χ0v) is 26.9. The first kappa shape index (κ1) is 32.6. The van der Waals surface area contributed by atoms with Crippen molar-refractivity contribution in [3.05, 3.63) is 95.0 Å². The quantitative estimate of drug-likeness (QED) is 0.216. The van der Waals surface area contributed by atoms with Gasteiger partial charge in [-0.1, -0.05) is 41.9 Å². The predicted molar refractivity (Wildman–Crippen MR) is 180 cm³/mol. The number of halogens is 1. The summed E-state index contributed by atoms with van der Waals surface area (Å²) in [5.74, 6) is -0.999. The summed E-state index contributed by atoms with van der Waals surface area (Å²) in [6.45, 7) is 8.32. The van der Waals surface area contributed by atoms with Crippen LogP contribution in [0.5, 0.6) is 0 Å². The van der Waals surface area contributed by atoms with Crippen LogP contribution in [0.15, 0.2) is 78.9 Å². The molecule has 2 fully saturated rings. The number of hydrogen-bond donors (Lipinski definition) is 1. The van der Waals surface area contributed by atoms with Gasteiger partial charge in [-0.2, -0.15) is 0 Å². The number of anilines is 2. The molecule has 45 heavy (non-hydrogen) atoms. The highest BCUT2D eigenvalue weighted by Crippen LogP contribution is 2.28. The van der Waals surface area contributed by atoms with E-state index < -0.39 is 12.0 Å². The van der Waals surface area contributed by atoms with Crippen LogP contribution in [-0.2, 0) is 20.9 Å². The van der Waals surface area contributed by atoms with E-state index in [1.54, 1.807) is 55.5 Å². The van der Waals surface area contributed by atoms with E-state index in [0.29, 0.717) is 33.6 Å². The molecule has 0 radical (unpaired) electrons. The average molecular weight is 648 g/mol. The molecule has 9 nitrogen and oxygen atoms in total. The maximum Gasteiger partial charge on any atom is 0.338 e. The minimum atomic E-state index is -0.753. The number of carbonyl (C=O) groups excluding carboxylic acids is 3. The van der Waals surface area contributed by atoms with E-state index >= 15 is 0 Å². The van der Waals surface area contributed by atoms with E-state index in [1.165, 1.54) is 10.5 Å². The fourth-order valence-electron chi connectivity index (χ4n) is 5.68. The van der Waals surface area contributed by atoms with Crippen molar-refractivity contribution in [2.24, 2.45) is 0 Å². The molecule has 5 rings (SSSR count). The number of hydrogen-bond acceptors (Lipinski definition) is 7. The summed E-state index contributed by atoms with van der Waals surface area (Å²) in [7, 11) is 0. The van der Waals surface area contributed by atoms with Gasteiger partial charge in [-0.05, 0) is 86.2 Å². The molecular formula is C34H38ClN5O4S. The van der Waals surface area contributed by atoms with Gasteiger partial charge < -0.3 is 19.9 Å². The van der Waals surface area contributed by atoms with Crippen LogP contribution in [0.1, 0.15) is 35.7 Å². The lowest BCUT2D eigenvalue weighted by molar-refractivity contribution is -0.124. The molecule has 1 N–H and O–H groups in total. The van der Waals surface area contributed by atoms with Crippen LogP contribution < -0.4 is 10.2 Å². The number of ether oxygens (including phenoxy) is 1. The molecule has 2 aliphatic rings. The minimum absolute atomic E-state index is 0.0584. The Bertz CT molecular complexity index is 1480. The maximum atomic E-state index is 13.8. The van der Waals surface area contributed by atoms with Crippen molar-refractivity contribution in [2.45, 2.75) is 32.4 Å². The first-order valence-corrected chi connectivity index (χ1v) is 16.1. The van der Waals surface area contributed by atoms with Gasteiger partial charge in [-0.15, -0.1) is 0 Å². The summed E-state index contributed by atoms with van der Waals surface area (Å²) < 4.78 is 5.08. The van der Waals surface area contributed by atoms with Gasteiger partial charge in [0.25, 0.3) is 5.91 Å². The number of nitrogens with one attached hydrogen (secondary N) is 1. The summed E-state index contributed by atoms with van der Waals surface area (Å²) in [4.78, 5) is 47.3. The SMILES string of the molecule is CCOC(=O)c1ccc(N2C(=O)C(CC(=O)Nc3ccc(Cl)cc3)N(CCCN3CCN(Cc4ccccc4)CC3)C2=S)cc1. The molecule has 3 aromatic carbocycles. The van der Waals surface area contributed by atoms with Crippen molar-refractivity contribution in [3.63, 3.8) is 0 Å². The van der Waals surface area contributed by atoms with Crippen LogP contribution in [-0.4, -0.2) is 89.5 Å². The molecule has 2 amide bonds. The largest absolute Gasteiger partial charge is 0.462 e. The molecule has 0 aromatic heterocycles. The number of carbonyl (C=O) groups is 3. The molecule has 0 aliphatic carbocycles. The topological polar surface area (TPSA) is 85.4 Å². The highest BCUT2D eigenvalue weighted by Gasteiger charge is 2.44. The minimum Gasteiger partial charge on any atom is -0.462 e. The van der Waals surface area contributed by atoms with Crippen molar-refractivity contribution in [3.8, 4) is 0 Å². The number of esters is 1. The Balaban J connectivity index is 1.23. The highest BCUT2D eigenvalue weighted by molar-refractivity contribution is 7.80. The van der Waals surface area contributed by atoms with Crippen molar-refractivity contribution in [1.82, 2.24) is 14.7 Å². The molecule has 0 spiro atoms. The number of nitrogens with zero attached hydrogens (tertiary/aromatic N) is 4. The fraction of sp³-hybridized carbons (Fsp3) is 0.353. The van der Waals surface area contributed by atoms with Gasteiger partial charge in [0, 0.05) is 50.0 Å². The second-order valence-corrected chi connectivity index (χ2v) is 12.0. The summed E-state index contributed by atoms with van der Waals surface area (Å²) >= 11 is 11.8. The Morgan fingerprint density at radius 1 is 0.911 bits per heavy atom. The van der Waals surface area contributed by atoms with E-state index in [0.717, 1.165) is 45.7 Å². The van der Waals surface area contributed by atoms with Crippen molar-refractivity contribution in [1.29, 1.82) is 0 Å². The first-order valence-electron chi connectivity index (χ1n) is 15.3. The molecule has 1 unspecified atom stereocenters. The van der Waals surface area contributed by atoms with Gasteiger partial charge in [0.05, 0.1) is 24.3 Å². The van der Waals surface area contributed by atoms with Gasteiger partial charge in [-0.3, -0.25) is 19.4 Å². The number of amides is 2. The summed E-state index contributed by atoms with van der Waals surface area (Å²) in [6.07, 6.45) is 0.730. The van der Waals surface area contributed by atoms with Gasteiger partial charge in [0.2, 0.25) is 5.91 Å². The molecule has 0 saturated carbocycles. The first-order chi connectivity index (χ1) is 21.8. The lowest BCUT2D eigenvalue weighted by atomic mass is 10.1. The van der Waals surface area contributed by atoms with Crippen LogP contribution in [0.4, 0.5) is 11.4 Å². The Morgan fingerprint density at radius 3 is 2.24 bits per heavy atom. The summed E-state index contributed by atoms with van der Waals surface area (Å²) in [6, 6.07) is 23.2. The number of thiocarbonyl (C=S) groups is 1. The summed E-state index contributed by atoms with van der Waals surface area (Å²) in [5.41, 5.74) is 2.85. The van der Waals surface area contributed by atoms with Crippen LogP contribution in [0, 0.1) is 0 Å². The second-order valence-electron chi connectivity index (χ2n) is 11.1. The molecule has 1 atom stereocenters. The van der Waals surface area contributed by atoms with Crippen LogP contribution in [0.25, 0.3) is 0 Å². The Labute approximate surface area is 274 Å². The zero-order valence-electron chi connectivity index (χ0n) is 25.4. The van der Waals surface area contributed by atoms with E-state index in [4.69, 9.17) is 28.6 Å². The Kier molecular flexibility index (Phi) is 11.2. The second kappa shape index (κ2) is 15.4. The van der Waals surface area contributed by atoms with Crippen molar-refractivity contribution < 1.29 is 19.1 Å². The molecule has 2 saturated heterocycles. The van der Waals surface area contributed by atoms with E-state index in [2.05, 4.69) is 39.4 Å². The number of piperazine rings is 1. The lowest BCUT2D eigenvalue weighted by Gasteiger charge is -2.35. The third-order valence-electron chi connectivity index (χ3n) is 8.05. The Morgan fingerprint density at radius 2 is 1.58 bits per heavy atom. The van der Waals surface area contributed by atoms with Gasteiger partial charge in [0.1, 0.15) is 6.04 Å². The maximum absolute atomic E-state index is 13.8. The molecule has 3 aromatic rings. The third kappa shape index (κ3) is 8.46. The molecule has 11 heteroatoms. The molecule has 2 heterocycles. The smallest absolute Gasteiger partial charge is 0.338 e. The average Bonchev–Trinajstić information content (AvgIpc) is 3.27. The van der Waals surface area contributed by atoms with E-state index in [-0.39, 0.29) is 24.8 Å². The number of rotatable bonds is 12. The summed E-state index contributed by atoms with van der Waals surface area (Å²) in [5, 5.41) is 3.78. The van der Waals surface area contributed by atoms with Crippen LogP contribution in [0.2, 0.25) is 5.02 Å². The van der Waals surface area contributed by atoms with Crippen LogP contribution >= 0.6 is 23.8 Å². The van der Waals surface area contributed by atoms with Crippen molar-refractivity contribution >= 4 is 58.1 Å². The normalized spacial score (nSPS) is 17.5. The lowest BCUT2D eigenvalue weighted by Crippen LogP contribution is -2.47. The molecule has 0 bridgehead atoms. The monoisotopic (exact) mass is 647 g/mol. The zero-order chi connectivity index (χ0) is 31.8. The van der Waals surface area contributed by atoms with Crippen LogP contribution in [0.3, 0.4) is 0 Å². The highest BCUT2D eigenvalue weighted by atomic mass is 35.5. The molecular weight excluding hydrogens is 610 g/mol. The third-order valence-corrected chi connectivity index (χ3v) is 8.72. The van der Waals surface area contributed by atoms with E-state index in [1.807, 2.05) is 11.0 Å². The molecule has 236 valence electrons. The fourth-order valence-corrected chi connectivity index (χ4v) is 6.22. The molecule has 2 aliphatic heterocycles. The van der Waals surface area contributed by atoms with Crippen molar-refractivity contribution in [2.75, 3.05) is 56.1 Å².